The minimum atomic E-state index is -0.969. The van der Waals surface area contributed by atoms with E-state index in [0.717, 1.165) is 16.8 Å². The van der Waals surface area contributed by atoms with Crippen LogP contribution in [0.15, 0.2) is 48.5 Å². The average Bonchev–Trinajstić information content (AvgIpc) is 2.83. The van der Waals surface area contributed by atoms with E-state index in [2.05, 4.69) is 5.10 Å². The Morgan fingerprint density at radius 2 is 1.74 bits per heavy atom. The van der Waals surface area contributed by atoms with E-state index in [-0.39, 0.29) is 5.56 Å². The Morgan fingerprint density at radius 1 is 1.13 bits per heavy atom. The standard InChI is InChI=1S/C17H14ClN3O2/c1-10-15(11-2-6-13(18)7-3-11)16(19)21(20-10)14-8-4-12(5-9-14)17(22)23/h2-9H,19H2,1H3,(H,22,23). The van der Waals surface area contributed by atoms with Crippen LogP contribution < -0.4 is 5.73 Å². The van der Waals surface area contributed by atoms with Crippen molar-refractivity contribution in [3.63, 3.8) is 0 Å². The number of anilines is 1. The summed E-state index contributed by atoms with van der Waals surface area (Å²) in [6.07, 6.45) is 0. The molecule has 1 heterocycles. The van der Waals surface area contributed by atoms with Gasteiger partial charge in [-0.2, -0.15) is 5.10 Å². The molecule has 0 aliphatic carbocycles. The van der Waals surface area contributed by atoms with Crippen molar-refractivity contribution in [2.24, 2.45) is 0 Å². The Kier molecular flexibility index (Phi) is 3.80. The minimum absolute atomic E-state index is 0.217. The maximum atomic E-state index is 10.9. The van der Waals surface area contributed by atoms with Crippen LogP contribution in [0.4, 0.5) is 5.82 Å². The fourth-order valence-electron chi connectivity index (χ4n) is 2.46. The lowest BCUT2D eigenvalue weighted by Gasteiger charge is -2.06. The summed E-state index contributed by atoms with van der Waals surface area (Å²) in [5, 5.41) is 14.1. The first-order chi connectivity index (χ1) is 11.0. The SMILES string of the molecule is Cc1nn(-c2ccc(C(=O)O)cc2)c(N)c1-c1ccc(Cl)cc1. The molecule has 0 radical (unpaired) electrons. The number of benzene rings is 2. The zero-order chi connectivity index (χ0) is 16.6. The Morgan fingerprint density at radius 3 is 2.30 bits per heavy atom. The maximum absolute atomic E-state index is 10.9. The van der Waals surface area contributed by atoms with Crippen molar-refractivity contribution >= 4 is 23.4 Å². The van der Waals surface area contributed by atoms with E-state index >= 15 is 0 Å². The number of rotatable bonds is 3. The normalized spacial score (nSPS) is 10.7. The number of nitrogen functional groups attached to an aromatic ring is 1. The van der Waals surface area contributed by atoms with Gasteiger partial charge < -0.3 is 10.8 Å². The van der Waals surface area contributed by atoms with Gasteiger partial charge in [0.1, 0.15) is 5.82 Å². The van der Waals surface area contributed by atoms with Crippen LogP contribution in [0.3, 0.4) is 0 Å². The lowest BCUT2D eigenvalue weighted by Crippen LogP contribution is -2.03. The van der Waals surface area contributed by atoms with Gasteiger partial charge in [0.05, 0.1) is 16.9 Å². The lowest BCUT2D eigenvalue weighted by molar-refractivity contribution is 0.0697. The van der Waals surface area contributed by atoms with Gasteiger partial charge in [0, 0.05) is 10.6 Å². The van der Waals surface area contributed by atoms with E-state index in [4.69, 9.17) is 22.4 Å². The predicted molar refractivity (Wildman–Crippen MR) is 90.1 cm³/mol. The number of nitrogens with zero attached hydrogens (tertiary/aromatic N) is 2. The number of aromatic carboxylic acids is 1. The Labute approximate surface area is 137 Å². The monoisotopic (exact) mass is 327 g/mol. The number of carboxylic acids is 1. The fourth-order valence-corrected chi connectivity index (χ4v) is 2.59. The summed E-state index contributed by atoms with van der Waals surface area (Å²) in [4.78, 5) is 10.9. The lowest BCUT2D eigenvalue weighted by atomic mass is 10.1. The number of halogens is 1. The number of aryl methyl sites for hydroxylation is 1. The highest BCUT2D eigenvalue weighted by Gasteiger charge is 2.15. The number of carboxylic acid groups (broad SMARTS) is 1. The van der Waals surface area contributed by atoms with E-state index in [9.17, 15) is 4.79 Å². The molecule has 3 aromatic rings. The molecule has 1 aromatic heterocycles. The molecule has 116 valence electrons. The van der Waals surface area contributed by atoms with Gasteiger partial charge in [-0.05, 0) is 48.9 Å². The molecule has 0 aliphatic heterocycles. The number of hydrogen-bond donors (Lipinski definition) is 2. The summed E-state index contributed by atoms with van der Waals surface area (Å²) in [5.41, 5.74) is 9.73. The van der Waals surface area contributed by atoms with Crippen molar-refractivity contribution < 1.29 is 9.90 Å². The van der Waals surface area contributed by atoms with Crippen molar-refractivity contribution in [2.45, 2.75) is 6.92 Å². The summed E-state index contributed by atoms with van der Waals surface area (Å²) in [5.74, 6) is -0.476. The van der Waals surface area contributed by atoms with Gasteiger partial charge in [0.15, 0.2) is 0 Å². The molecule has 0 unspecified atom stereocenters. The smallest absolute Gasteiger partial charge is 0.335 e. The third-order valence-corrected chi connectivity index (χ3v) is 3.84. The zero-order valence-corrected chi connectivity index (χ0v) is 13.1. The van der Waals surface area contributed by atoms with Crippen LogP contribution >= 0.6 is 11.6 Å². The van der Waals surface area contributed by atoms with Gasteiger partial charge >= 0.3 is 5.97 Å². The predicted octanol–water partition coefficient (Wildman–Crippen LogP) is 3.78. The van der Waals surface area contributed by atoms with Crippen LogP contribution in [0.25, 0.3) is 16.8 Å². The molecule has 0 amide bonds. The molecule has 0 saturated carbocycles. The quantitative estimate of drug-likeness (QED) is 0.767. The van der Waals surface area contributed by atoms with Crippen molar-refractivity contribution in [1.82, 2.24) is 9.78 Å². The molecule has 0 fully saturated rings. The molecule has 6 heteroatoms. The topological polar surface area (TPSA) is 81.1 Å². The Balaban J connectivity index is 2.07. The second kappa shape index (κ2) is 5.78. The minimum Gasteiger partial charge on any atom is -0.478 e. The summed E-state index contributed by atoms with van der Waals surface area (Å²) in [6, 6.07) is 13.8. The summed E-state index contributed by atoms with van der Waals surface area (Å²) in [6.45, 7) is 1.88. The number of carbonyl (C=O) groups is 1. The molecule has 0 bridgehead atoms. The Hall–Kier alpha value is -2.79. The van der Waals surface area contributed by atoms with Gasteiger partial charge in [0.2, 0.25) is 0 Å². The second-order valence-electron chi connectivity index (χ2n) is 5.12. The van der Waals surface area contributed by atoms with Crippen LogP contribution in [-0.4, -0.2) is 20.9 Å². The fraction of sp³-hybridized carbons (Fsp3) is 0.0588. The van der Waals surface area contributed by atoms with Crippen molar-refractivity contribution in [1.29, 1.82) is 0 Å². The summed E-state index contributed by atoms with van der Waals surface area (Å²) >= 11 is 5.92. The van der Waals surface area contributed by atoms with Crippen LogP contribution in [0, 0.1) is 6.92 Å². The molecule has 3 rings (SSSR count). The molecule has 2 aromatic carbocycles. The van der Waals surface area contributed by atoms with Gasteiger partial charge in [0.25, 0.3) is 0 Å². The molecular formula is C17H14ClN3O2. The zero-order valence-electron chi connectivity index (χ0n) is 12.3. The molecule has 23 heavy (non-hydrogen) atoms. The number of nitrogens with two attached hydrogens (primary N) is 1. The van der Waals surface area contributed by atoms with Crippen molar-refractivity contribution in [2.75, 3.05) is 5.73 Å². The van der Waals surface area contributed by atoms with Crippen LogP contribution in [-0.2, 0) is 0 Å². The van der Waals surface area contributed by atoms with Gasteiger partial charge in [-0.25, -0.2) is 9.48 Å². The van der Waals surface area contributed by atoms with Crippen LogP contribution in [0.1, 0.15) is 16.1 Å². The Bertz CT molecular complexity index is 868. The highest BCUT2D eigenvalue weighted by atomic mass is 35.5. The third-order valence-electron chi connectivity index (χ3n) is 3.59. The second-order valence-corrected chi connectivity index (χ2v) is 5.55. The van der Waals surface area contributed by atoms with Gasteiger partial charge in [-0.1, -0.05) is 23.7 Å². The molecule has 0 atom stereocenters. The first-order valence-corrected chi connectivity index (χ1v) is 7.30. The summed E-state index contributed by atoms with van der Waals surface area (Å²) < 4.78 is 1.60. The van der Waals surface area contributed by atoms with E-state index in [0.29, 0.717) is 16.5 Å². The highest BCUT2D eigenvalue weighted by molar-refractivity contribution is 6.30. The number of aromatic nitrogens is 2. The largest absolute Gasteiger partial charge is 0.478 e. The van der Waals surface area contributed by atoms with Crippen LogP contribution in [0.5, 0.6) is 0 Å². The van der Waals surface area contributed by atoms with Crippen LogP contribution in [0.2, 0.25) is 5.02 Å². The molecule has 0 spiro atoms. The van der Waals surface area contributed by atoms with E-state index in [1.54, 1.807) is 28.9 Å². The molecular weight excluding hydrogens is 314 g/mol. The van der Waals surface area contributed by atoms with E-state index in [1.807, 2.05) is 19.1 Å². The third kappa shape index (κ3) is 2.78. The van der Waals surface area contributed by atoms with Crippen molar-refractivity contribution in [3.05, 3.63) is 64.8 Å². The van der Waals surface area contributed by atoms with E-state index < -0.39 is 5.97 Å². The molecule has 5 nitrogen and oxygen atoms in total. The average molecular weight is 328 g/mol. The summed E-state index contributed by atoms with van der Waals surface area (Å²) in [7, 11) is 0. The maximum Gasteiger partial charge on any atom is 0.335 e. The molecule has 0 aliphatic rings. The van der Waals surface area contributed by atoms with Gasteiger partial charge in [-0.3, -0.25) is 0 Å². The first-order valence-electron chi connectivity index (χ1n) is 6.92. The van der Waals surface area contributed by atoms with Gasteiger partial charge in [-0.15, -0.1) is 0 Å². The highest BCUT2D eigenvalue weighted by Crippen LogP contribution is 2.31. The number of hydrogen-bond acceptors (Lipinski definition) is 3. The first kappa shape index (κ1) is 15.1. The molecule has 0 saturated heterocycles. The van der Waals surface area contributed by atoms with Crippen molar-refractivity contribution in [3.8, 4) is 16.8 Å². The molecule has 3 N–H and O–H groups in total. The van der Waals surface area contributed by atoms with E-state index in [1.165, 1.54) is 12.1 Å².